The minimum atomic E-state index is -4.00. The number of hydrazone groups is 1. The summed E-state index contributed by atoms with van der Waals surface area (Å²) >= 11 is 12.0. The van der Waals surface area contributed by atoms with Crippen LogP contribution in [0.5, 0.6) is 5.75 Å². The van der Waals surface area contributed by atoms with Crippen LogP contribution in [0.2, 0.25) is 10.0 Å². The highest BCUT2D eigenvalue weighted by Crippen LogP contribution is 2.25. The topological polar surface area (TPSA) is 99.1 Å². The predicted molar refractivity (Wildman–Crippen MR) is 124 cm³/mol. The summed E-state index contributed by atoms with van der Waals surface area (Å²) in [6.07, 6.45) is 1.27. The van der Waals surface area contributed by atoms with Crippen molar-refractivity contribution in [3.8, 4) is 5.75 Å². The number of carbonyl (C=O) groups is 1. The van der Waals surface area contributed by atoms with Gasteiger partial charge in [-0.2, -0.15) is 9.41 Å². The lowest BCUT2D eigenvalue weighted by Crippen LogP contribution is -2.39. The van der Waals surface area contributed by atoms with E-state index in [4.69, 9.17) is 23.2 Å². The molecule has 0 aliphatic rings. The highest BCUT2D eigenvalue weighted by Gasteiger charge is 2.27. The summed E-state index contributed by atoms with van der Waals surface area (Å²) in [6, 6.07) is 19.0. The van der Waals surface area contributed by atoms with Crippen LogP contribution in [-0.4, -0.2) is 36.5 Å². The predicted octanol–water partition coefficient (Wildman–Crippen LogP) is 4.04. The van der Waals surface area contributed by atoms with Gasteiger partial charge in [-0.15, -0.1) is 0 Å². The number of benzene rings is 3. The van der Waals surface area contributed by atoms with Gasteiger partial charge in [0.25, 0.3) is 5.91 Å². The van der Waals surface area contributed by atoms with Crippen molar-refractivity contribution in [2.45, 2.75) is 11.4 Å². The molecule has 3 aromatic rings. The Morgan fingerprint density at radius 2 is 1.69 bits per heavy atom. The van der Waals surface area contributed by atoms with Crippen LogP contribution in [0.4, 0.5) is 0 Å². The van der Waals surface area contributed by atoms with Crippen LogP contribution in [0.15, 0.2) is 82.8 Å². The first-order valence-corrected chi connectivity index (χ1v) is 11.6. The lowest BCUT2D eigenvalue weighted by atomic mass is 10.2. The van der Waals surface area contributed by atoms with E-state index < -0.39 is 22.5 Å². The van der Waals surface area contributed by atoms with E-state index in [9.17, 15) is 18.3 Å². The zero-order chi connectivity index (χ0) is 23.1. The van der Waals surface area contributed by atoms with E-state index in [1.54, 1.807) is 54.6 Å². The molecule has 0 fully saturated rings. The van der Waals surface area contributed by atoms with Gasteiger partial charge in [-0.1, -0.05) is 59.6 Å². The molecule has 0 unspecified atom stereocenters. The largest absolute Gasteiger partial charge is 0.507 e. The first kappa shape index (κ1) is 23.7. The fourth-order valence-electron chi connectivity index (χ4n) is 2.78. The zero-order valence-electron chi connectivity index (χ0n) is 16.7. The van der Waals surface area contributed by atoms with Gasteiger partial charge in [0.2, 0.25) is 10.0 Å². The molecule has 0 heterocycles. The molecule has 0 atom stereocenters. The van der Waals surface area contributed by atoms with E-state index in [1.807, 2.05) is 0 Å². The molecule has 7 nitrogen and oxygen atoms in total. The molecule has 0 aliphatic carbocycles. The molecule has 0 bridgehead atoms. The maximum Gasteiger partial charge on any atom is 0.255 e. The van der Waals surface area contributed by atoms with Crippen molar-refractivity contribution in [2.75, 3.05) is 6.54 Å². The minimum Gasteiger partial charge on any atom is -0.507 e. The van der Waals surface area contributed by atoms with Gasteiger partial charge in [0, 0.05) is 12.1 Å². The number of carbonyl (C=O) groups excluding carboxylic acids is 1. The number of hydrogen-bond donors (Lipinski definition) is 2. The van der Waals surface area contributed by atoms with E-state index >= 15 is 0 Å². The molecule has 166 valence electrons. The number of halogens is 2. The third-order valence-electron chi connectivity index (χ3n) is 4.37. The summed E-state index contributed by atoms with van der Waals surface area (Å²) in [6.45, 7) is -0.597. The number of sulfonamides is 1. The van der Waals surface area contributed by atoms with Gasteiger partial charge < -0.3 is 5.11 Å². The third-order valence-corrected chi connectivity index (χ3v) is 6.92. The summed E-state index contributed by atoms with van der Waals surface area (Å²) < 4.78 is 27.4. The smallest absolute Gasteiger partial charge is 0.255 e. The molecule has 0 spiro atoms. The molecule has 3 aromatic carbocycles. The number of phenolic OH excluding ortho intramolecular Hbond substituents is 1. The Hall–Kier alpha value is -2.91. The van der Waals surface area contributed by atoms with Gasteiger partial charge in [0.15, 0.2) is 0 Å². The summed E-state index contributed by atoms with van der Waals surface area (Å²) in [5.74, 6) is -0.658. The fourth-order valence-corrected chi connectivity index (χ4v) is 4.50. The van der Waals surface area contributed by atoms with Crippen molar-refractivity contribution < 1.29 is 18.3 Å². The van der Waals surface area contributed by atoms with Crippen molar-refractivity contribution in [1.82, 2.24) is 9.73 Å². The van der Waals surface area contributed by atoms with Crippen LogP contribution in [0.1, 0.15) is 11.1 Å². The highest BCUT2D eigenvalue weighted by molar-refractivity contribution is 7.89. The van der Waals surface area contributed by atoms with Gasteiger partial charge in [0.1, 0.15) is 5.75 Å². The average molecular weight is 492 g/mol. The highest BCUT2D eigenvalue weighted by atomic mass is 35.5. The number of nitrogens with one attached hydrogen (secondary N) is 1. The molecular weight excluding hydrogens is 473 g/mol. The Morgan fingerprint density at radius 3 is 2.38 bits per heavy atom. The lowest BCUT2D eigenvalue weighted by molar-refractivity contribution is -0.121. The second-order valence-electron chi connectivity index (χ2n) is 6.69. The number of nitrogens with zero attached hydrogens (tertiary/aromatic N) is 2. The van der Waals surface area contributed by atoms with Crippen molar-refractivity contribution >= 4 is 45.3 Å². The molecule has 1 amide bonds. The van der Waals surface area contributed by atoms with E-state index in [2.05, 4.69) is 10.5 Å². The molecule has 2 N–H and O–H groups in total. The van der Waals surface area contributed by atoms with Gasteiger partial charge in [-0.25, -0.2) is 13.8 Å². The van der Waals surface area contributed by atoms with Crippen LogP contribution in [0.25, 0.3) is 0 Å². The van der Waals surface area contributed by atoms with E-state index in [0.717, 1.165) is 4.31 Å². The van der Waals surface area contributed by atoms with Gasteiger partial charge in [-0.05, 0) is 42.0 Å². The molecular formula is C22H19Cl2N3O4S. The summed E-state index contributed by atoms with van der Waals surface area (Å²) in [7, 11) is -4.00. The van der Waals surface area contributed by atoms with Gasteiger partial charge in [0.05, 0.1) is 27.7 Å². The molecule has 0 aliphatic heterocycles. The minimum absolute atomic E-state index is 0.00148. The Bertz CT molecular complexity index is 1230. The fraction of sp³-hybridized carbons (Fsp3) is 0.0909. The Labute approximate surface area is 196 Å². The number of aromatic hydroxyl groups is 1. The van der Waals surface area contributed by atoms with Crippen molar-refractivity contribution in [1.29, 1.82) is 0 Å². The SMILES string of the molecule is O=C(CN(Cc1ccc(Cl)c(Cl)c1)S(=O)(=O)c1ccccc1)NN=Cc1ccccc1O. The van der Waals surface area contributed by atoms with Gasteiger partial charge in [-0.3, -0.25) is 4.79 Å². The second kappa shape index (κ2) is 10.6. The average Bonchev–Trinajstić information content (AvgIpc) is 2.78. The van der Waals surface area contributed by atoms with Crippen molar-refractivity contribution in [2.24, 2.45) is 5.10 Å². The maximum atomic E-state index is 13.2. The molecule has 0 saturated heterocycles. The van der Waals surface area contributed by atoms with Crippen LogP contribution < -0.4 is 5.43 Å². The molecule has 10 heteroatoms. The first-order valence-electron chi connectivity index (χ1n) is 9.36. The number of rotatable bonds is 8. The second-order valence-corrected chi connectivity index (χ2v) is 9.44. The van der Waals surface area contributed by atoms with E-state index in [0.29, 0.717) is 16.1 Å². The Morgan fingerprint density at radius 1 is 1.00 bits per heavy atom. The lowest BCUT2D eigenvalue weighted by Gasteiger charge is -2.21. The summed E-state index contributed by atoms with van der Waals surface area (Å²) in [4.78, 5) is 12.5. The molecule has 0 radical (unpaired) electrons. The number of hydrogen-bond acceptors (Lipinski definition) is 5. The Kier molecular flexibility index (Phi) is 7.87. The normalized spacial score (nSPS) is 11.7. The molecule has 0 aromatic heterocycles. The molecule has 32 heavy (non-hydrogen) atoms. The van der Waals surface area contributed by atoms with E-state index in [-0.39, 0.29) is 22.2 Å². The maximum absolute atomic E-state index is 13.2. The standard InChI is InChI=1S/C22H19Cl2N3O4S/c23-19-11-10-16(12-20(19)24)14-27(32(30,31)18-7-2-1-3-8-18)15-22(29)26-25-13-17-6-4-5-9-21(17)28/h1-13,28H,14-15H2,(H,26,29). The Balaban J connectivity index is 1.81. The van der Waals surface area contributed by atoms with Crippen LogP contribution in [0.3, 0.4) is 0 Å². The molecule has 3 rings (SSSR count). The van der Waals surface area contributed by atoms with Crippen LogP contribution in [-0.2, 0) is 21.4 Å². The summed E-state index contributed by atoms with van der Waals surface area (Å²) in [5, 5.41) is 14.2. The van der Waals surface area contributed by atoms with Crippen molar-refractivity contribution in [3.05, 3.63) is 94.0 Å². The third kappa shape index (κ3) is 6.08. The van der Waals surface area contributed by atoms with Crippen LogP contribution in [0, 0.1) is 0 Å². The summed E-state index contributed by atoms with van der Waals surface area (Å²) in [5.41, 5.74) is 3.24. The van der Waals surface area contributed by atoms with E-state index in [1.165, 1.54) is 24.4 Å². The number of para-hydroxylation sites is 1. The van der Waals surface area contributed by atoms with Gasteiger partial charge >= 0.3 is 0 Å². The zero-order valence-corrected chi connectivity index (χ0v) is 19.0. The number of amides is 1. The van der Waals surface area contributed by atoms with Crippen LogP contribution >= 0.6 is 23.2 Å². The number of phenols is 1. The molecule has 0 saturated carbocycles. The monoisotopic (exact) mass is 491 g/mol. The first-order chi connectivity index (χ1) is 15.3. The van der Waals surface area contributed by atoms with Crippen molar-refractivity contribution in [3.63, 3.8) is 0 Å². The quantitative estimate of drug-likeness (QED) is 0.366.